The first kappa shape index (κ1) is 40.7. The minimum atomic E-state index is -1.21. The number of allylic oxidation sites excluding steroid dienone is 2. The Morgan fingerprint density at radius 1 is 1.00 bits per heavy atom. The van der Waals surface area contributed by atoms with Crippen LogP contribution in [0.5, 0.6) is 0 Å². The number of aliphatic hydroxyl groups excluding tert-OH is 1. The maximum absolute atomic E-state index is 14.2. The van der Waals surface area contributed by atoms with Gasteiger partial charge in [0.2, 0.25) is 0 Å². The number of methoxy groups -OCH3 is 1. The molecule has 4 atom stereocenters. The number of ether oxygens (including phenoxy) is 2. The molecule has 280 valence electrons. The number of nitrogens with zero attached hydrogens (tertiary/aromatic N) is 4. The fourth-order valence-corrected chi connectivity index (χ4v) is 8.04. The molecule has 54 heavy (non-hydrogen) atoms. The van der Waals surface area contributed by atoms with Crippen LogP contribution in [0, 0.1) is 31.6 Å². The van der Waals surface area contributed by atoms with Gasteiger partial charge in [-0.3, -0.25) is 14.4 Å². The number of aromatic nitrogens is 3. The number of hydrogen-bond donors (Lipinski definition) is 1. The van der Waals surface area contributed by atoms with E-state index in [0.29, 0.717) is 67.9 Å². The third-order valence-electron chi connectivity index (χ3n) is 11.1. The van der Waals surface area contributed by atoms with Crippen molar-refractivity contribution in [3.63, 3.8) is 0 Å². The smallest absolute Gasteiger partial charge is 0.681 e. The maximum Gasteiger partial charge on any atom is 2.00 e. The molecule has 2 aliphatic heterocycles. The first-order valence-corrected chi connectivity index (χ1v) is 18.5. The second-order valence-corrected chi connectivity index (χ2v) is 14.3. The topological polar surface area (TPSA) is 146 Å². The van der Waals surface area contributed by atoms with E-state index in [1.807, 2.05) is 52.0 Å². The second kappa shape index (κ2) is 16.9. The molecule has 3 aromatic heterocycles. The third-order valence-corrected chi connectivity index (χ3v) is 11.1. The molecule has 6 rings (SSSR count). The summed E-state index contributed by atoms with van der Waals surface area (Å²) in [6, 6.07) is -0.643. The van der Waals surface area contributed by atoms with Gasteiger partial charge < -0.3 is 34.8 Å². The largest absolute Gasteiger partial charge is 2.00 e. The number of hydrogen-bond acceptors (Lipinski definition) is 6. The number of carbonyl (C=O) groups excluding carboxylic acids is 3. The maximum atomic E-state index is 14.2. The summed E-state index contributed by atoms with van der Waals surface area (Å²) in [5.41, 5.74) is 7.92. The molecule has 11 heteroatoms. The molecule has 0 radical (unpaired) electrons. The van der Waals surface area contributed by atoms with Gasteiger partial charge in [-0.15, -0.1) is 33.1 Å². The van der Waals surface area contributed by atoms with Crippen molar-refractivity contribution < 1.29 is 29.0 Å². The van der Waals surface area contributed by atoms with Crippen molar-refractivity contribution >= 4 is 76.9 Å². The molecule has 0 saturated carbocycles. The van der Waals surface area contributed by atoms with Gasteiger partial charge in [-0.25, -0.2) is 0 Å². The van der Waals surface area contributed by atoms with Crippen molar-refractivity contribution in [3.8, 4) is 0 Å². The van der Waals surface area contributed by atoms with Crippen LogP contribution in [0.15, 0.2) is 23.9 Å². The third kappa shape index (κ3) is 7.32. The Balaban J connectivity index is 0.00000561. The van der Waals surface area contributed by atoms with Gasteiger partial charge in [0, 0.05) is 12.0 Å². The minimum absolute atomic E-state index is 0. The van der Waals surface area contributed by atoms with Crippen LogP contribution >= 0.6 is 0 Å². The number of Topliss-reactive ketones (excluding diaryl/α,β-unsaturated/α-hetero) is 1. The van der Waals surface area contributed by atoms with Gasteiger partial charge in [-0.2, -0.15) is 5.70 Å². The van der Waals surface area contributed by atoms with Crippen molar-refractivity contribution in [2.75, 3.05) is 13.7 Å². The summed E-state index contributed by atoms with van der Waals surface area (Å²) in [5, 5.41) is 17.7. The number of carbonyl (C=O) groups is 3. The first-order valence-electron chi connectivity index (χ1n) is 18.5. The van der Waals surface area contributed by atoms with Crippen LogP contribution in [0.25, 0.3) is 41.5 Å². The van der Waals surface area contributed by atoms with E-state index in [2.05, 4.69) is 20.4 Å². The average Bonchev–Trinajstić information content (AvgIpc) is 3.89. The summed E-state index contributed by atoms with van der Waals surface area (Å²) in [5.74, 6) is -3.02. The number of unbranched alkanes of at least 4 members (excludes halogenated alkanes) is 1. The van der Waals surface area contributed by atoms with Crippen LogP contribution in [-0.4, -0.2) is 65.6 Å². The molecule has 5 heterocycles. The normalized spacial score (nSPS) is 22.7. The van der Waals surface area contributed by atoms with Crippen molar-refractivity contribution in [3.05, 3.63) is 95.4 Å². The summed E-state index contributed by atoms with van der Waals surface area (Å²) in [6.45, 7) is 16.3. The molecule has 1 unspecified atom stereocenters. The Kier molecular flexibility index (Phi) is 12.7. The molecule has 0 amide bonds. The van der Waals surface area contributed by atoms with E-state index < -0.39 is 17.9 Å². The zero-order chi connectivity index (χ0) is 38.1. The quantitative estimate of drug-likeness (QED) is 0.134. The van der Waals surface area contributed by atoms with Crippen LogP contribution in [0.2, 0.25) is 0 Å². The molecular formula is C43H48MgN4O6-2. The van der Waals surface area contributed by atoms with Crippen molar-refractivity contribution in [2.45, 2.75) is 86.1 Å². The monoisotopic (exact) mass is 740 g/mol. The van der Waals surface area contributed by atoms with Crippen molar-refractivity contribution in [2.24, 2.45) is 17.8 Å². The van der Waals surface area contributed by atoms with E-state index in [-0.39, 0.29) is 59.7 Å². The molecule has 8 bridgehead atoms. The average molecular weight is 741 g/mol. The molecule has 0 spiro atoms. The summed E-state index contributed by atoms with van der Waals surface area (Å²) < 4.78 is 10.8. The van der Waals surface area contributed by atoms with Crippen LogP contribution in [0.3, 0.4) is 0 Å². The van der Waals surface area contributed by atoms with Crippen LogP contribution in [0.1, 0.15) is 109 Å². The second-order valence-electron chi connectivity index (χ2n) is 14.3. The molecule has 1 aliphatic carbocycles. The SMILES string of the molecule is C=Cc1c2[n-]c(c1C)/C=C1\[N-]C(C3=c4[n-]/c(c(C)c4C(=O)[C@@H]3C(=O)OC)=C\c3[n-]c(/c(=C\O)c3CC)=C\2)[C@@H](CCC(=O)OC/C=C(\C)CCCC)[C@@H]1C.[Mg+2]. The van der Waals surface area contributed by atoms with Crippen LogP contribution in [-0.2, 0) is 25.5 Å². The predicted molar refractivity (Wildman–Crippen MR) is 211 cm³/mol. The van der Waals surface area contributed by atoms with E-state index in [4.69, 9.17) is 29.7 Å². The summed E-state index contributed by atoms with van der Waals surface area (Å²) in [6.07, 6.45) is 14.7. The van der Waals surface area contributed by atoms with Gasteiger partial charge in [0.25, 0.3) is 0 Å². The number of esters is 2. The molecule has 3 aliphatic rings. The Hall–Kier alpha value is -4.48. The Labute approximate surface area is 332 Å². The number of fused-ring (bicyclic) bond motifs is 8. The molecule has 1 saturated heterocycles. The van der Waals surface area contributed by atoms with E-state index in [0.717, 1.165) is 47.9 Å². The Bertz CT molecular complexity index is 2300. The molecule has 3 aromatic rings. The van der Waals surface area contributed by atoms with Crippen LogP contribution < -0.4 is 36.2 Å². The summed E-state index contributed by atoms with van der Waals surface area (Å²) in [4.78, 5) is 55.7. The number of ketones is 1. The molecule has 1 fully saturated rings. The van der Waals surface area contributed by atoms with Gasteiger partial charge in [-0.1, -0.05) is 92.0 Å². The van der Waals surface area contributed by atoms with Gasteiger partial charge >= 0.3 is 35.0 Å². The molecule has 0 aromatic carbocycles. The van der Waals surface area contributed by atoms with E-state index >= 15 is 0 Å². The Morgan fingerprint density at radius 2 is 1.74 bits per heavy atom. The van der Waals surface area contributed by atoms with Gasteiger partial charge in [0.05, 0.1) is 13.4 Å². The van der Waals surface area contributed by atoms with Crippen molar-refractivity contribution in [1.29, 1.82) is 0 Å². The zero-order valence-corrected chi connectivity index (χ0v) is 33.8. The Morgan fingerprint density at radius 3 is 2.41 bits per heavy atom. The summed E-state index contributed by atoms with van der Waals surface area (Å²) in [7, 11) is 1.27. The molecular weight excluding hydrogens is 693 g/mol. The standard InChI is InChI=1S/C43H48N4O6.Mg/c1-9-12-13-22(4)16-17-53-36(49)15-14-28-24(6)31-18-30-23(5)26(10-2)33(44-30)20-35-29(21-48)27(11-3)34(45-35)19-32-25(7)37-41(47-32)38(40(28)46-31)39(42(37)50)43(51)52-8;/h10,16,18-21,24,28,39-40H,2,9,11-15,17H2,1,3-8H3,(H,48,50);/q-4;+2/b22-16+,31-18-,35-20-;/t24-,28-,39+,40?;/m0./s1. The van der Waals surface area contributed by atoms with Gasteiger partial charge in [0.1, 0.15) is 12.5 Å². The number of aliphatic hydroxyl groups is 1. The van der Waals surface area contributed by atoms with Crippen molar-refractivity contribution in [1.82, 2.24) is 15.0 Å². The zero-order valence-electron chi connectivity index (χ0n) is 32.4. The van der Waals surface area contributed by atoms with Gasteiger partial charge in [0.15, 0.2) is 5.78 Å². The first-order chi connectivity index (χ1) is 25.5. The van der Waals surface area contributed by atoms with Gasteiger partial charge in [-0.05, 0) is 75.1 Å². The van der Waals surface area contributed by atoms with E-state index in [9.17, 15) is 19.5 Å². The minimum Gasteiger partial charge on any atom is -0.681 e. The summed E-state index contributed by atoms with van der Waals surface area (Å²) >= 11 is 0. The molecule has 10 nitrogen and oxygen atoms in total. The fraction of sp³-hybridized carbons (Fsp3) is 0.419. The fourth-order valence-electron chi connectivity index (χ4n) is 8.04. The van der Waals surface area contributed by atoms with E-state index in [1.165, 1.54) is 12.7 Å². The molecule has 1 N–H and O–H groups in total. The number of rotatable bonds is 11. The van der Waals surface area contributed by atoms with E-state index in [1.54, 1.807) is 6.08 Å². The van der Waals surface area contributed by atoms with Crippen LogP contribution in [0.4, 0.5) is 0 Å². The predicted octanol–water partition coefficient (Wildman–Crippen LogP) is 3.91.